The summed E-state index contributed by atoms with van der Waals surface area (Å²) in [7, 11) is 3.99. The van der Waals surface area contributed by atoms with E-state index in [1.807, 2.05) is 43.7 Å². The van der Waals surface area contributed by atoms with Crippen LogP contribution in [0.4, 0.5) is 16.2 Å². The molecule has 1 aliphatic rings. The van der Waals surface area contributed by atoms with Crippen molar-refractivity contribution in [1.82, 2.24) is 10.2 Å². The number of benzene rings is 1. The number of nitrogens with one attached hydrogen (secondary N) is 2. The van der Waals surface area contributed by atoms with Crippen LogP contribution in [0.5, 0.6) is 0 Å². The van der Waals surface area contributed by atoms with Gasteiger partial charge in [-0.2, -0.15) is 11.3 Å². The summed E-state index contributed by atoms with van der Waals surface area (Å²) in [6.45, 7) is 1.19. The topological polar surface area (TPSA) is 64.7 Å². The minimum Gasteiger partial charge on any atom is -0.336 e. The SMILES string of the molecule is CN(C)C(CNC(=O)Nc1ccccc1N1CCCC1=O)c1ccsc1. The molecule has 1 aromatic carbocycles. The van der Waals surface area contributed by atoms with Crippen LogP contribution < -0.4 is 15.5 Å². The molecule has 3 rings (SSSR count). The number of amides is 3. The number of carbonyl (C=O) groups excluding carboxylic acids is 2. The zero-order valence-electron chi connectivity index (χ0n) is 15.1. The number of para-hydroxylation sites is 2. The third-order valence-electron chi connectivity index (χ3n) is 4.52. The number of carbonyl (C=O) groups is 2. The molecule has 1 aliphatic heterocycles. The fourth-order valence-electron chi connectivity index (χ4n) is 3.14. The van der Waals surface area contributed by atoms with Crippen LogP contribution in [0.2, 0.25) is 0 Å². The molecule has 1 atom stereocenters. The Balaban J connectivity index is 1.64. The highest BCUT2D eigenvalue weighted by molar-refractivity contribution is 7.07. The van der Waals surface area contributed by atoms with Crippen molar-refractivity contribution in [2.45, 2.75) is 18.9 Å². The van der Waals surface area contributed by atoms with Gasteiger partial charge in [0.25, 0.3) is 0 Å². The molecule has 0 aliphatic carbocycles. The van der Waals surface area contributed by atoms with E-state index in [9.17, 15) is 9.59 Å². The minimum atomic E-state index is -0.272. The molecule has 6 nitrogen and oxygen atoms in total. The van der Waals surface area contributed by atoms with E-state index < -0.39 is 0 Å². The minimum absolute atomic E-state index is 0.102. The zero-order valence-corrected chi connectivity index (χ0v) is 15.9. The van der Waals surface area contributed by atoms with E-state index in [1.165, 1.54) is 5.56 Å². The van der Waals surface area contributed by atoms with Gasteiger partial charge in [-0.25, -0.2) is 4.79 Å². The molecule has 0 bridgehead atoms. The van der Waals surface area contributed by atoms with Crippen molar-refractivity contribution in [3.63, 3.8) is 0 Å². The Morgan fingerprint density at radius 1 is 1.31 bits per heavy atom. The van der Waals surface area contributed by atoms with Gasteiger partial charge in [-0.15, -0.1) is 0 Å². The summed E-state index contributed by atoms with van der Waals surface area (Å²) >= 11 is 1.65. The molecule has 1 unspecified atom stereocenters. The summed E-state index contributed by atoms with van der Waals surface area (Å²) in [4.78, 5) is 28.3. The molecule has 138 valence electrons. The van der Waals surface area contributed by atoms with Crippen LogP contribution in [0.3, 0.4) is 0 Å². The molecule has 0 spiro atoms. The Kier molecular flexibility index (Phi) is 5.90. The van der Waals surface area contributed by atoms with Gasteiger partial charge >= 0.3 is 6.03 Å². The normalized spacial score (nSPS) is 15.3. The number of hydrogen-bond donors (Lipinski definition) is 2. The third-order valence-corrected chi connectivity index (χ3v) is 5.23. The van der Waals surface area contributed by atoms with Crippen molar-refractivity contribution in [1.29, 1.82) is 0 Å². The Labute approximate surface area is 157 Å². The van der Waals surface area contributed by atoms with Gasteiger partial charge < -0.3 is 20.4 Å². The van der Waals surface area contributed by atoms with Crippen molar-refractivity contribution in [3.05, 3.63) is 46.7 Å². The van der Waals surface area contributed by atoms with Crippen molar-refractivity contribution >= 4 is 34.6 Å². The van der Waals surface area contributed by atoms with Crippen LogP contribution in [-0.4, -0.2) is 44.0 Å². The van der Waals surface area contributed by atoms with Gasteiger partial charge in [0.05, 0.1) is 17.4 Å². The van der Waals surface area contributed by atoms with Gasteiger partial charge in [-0.05, 0) is 55.0 Å². The van der Waals surface area contributed by atoms with Gasteiger partial charge in [0.15, 0.2) is 0 Å². The highest BCUT2D eigenvalue weighted by Gasteiger charge is 2.24. The number of anilines is 2. The van der Waals surface area contributed by atoms with Crippen LogP contribution in [0.25, 0.3) is 0 Å². The first kappa shape index (κ1) is 18.4. The predicted octanol–water partition coefficient (Wildman–Crippen LogP) is 3.30. The lowest BCUT2D eigenvalue weighted by Crippen LogP contribution is -2.37. The first-order valence-electron chi connectivity index (χ1n) is 8.69. The van der Waals surface area contributed by atoms with E-state index in [1.54, 1.807) is 16.2 Å². The third kappa shape index (κ3) is 4.23. The summed E-state index contributed by atoms with van der Waals surface area (Å²) in [5.74, 6) is 0.102. The lowest BCUT2D eigenvalue weighted by molar-refractivity contribution is -0.117. The average molecular weight is 372 g/mol. The van der Waals surface area contributed by atoms with E-state index >= 15 is 0 Å². The molecular formula is C19H24N4O2S. The van der Waals surface area contributed by atoms with Crippen LogP contribution >= 0.6 is 11.3 Å². The van der Waals surface area contributed by atoms with Crippen molar-refractivity contribution in [2.75, 3.05) is 37.4 Å². The van der Waals surface area contributed by atoms with Crippen LogP contribution in [0.1, 0.15) is 24.4 Å². The average Bonchev–Trinajstić information content (AvgIpc) is 3.27. The number of nitrogens with zero attached hydrogens (tertiary/aromatic N) is 2. The Morgan fingerprint density at radius 2 is 2.12 bits per heavy atom. The highest BCUT2D eigenvalue weighted by Crippen LogP contribution is 2.29. The Morgan fingerprint density at radius 3 is 2.77 bits per heavy atom. The molecule has 26 heavy (non-hydrogen) atoms. The molecule has 2 N–H and O–H groups in total. The second-order valence-electron chi connectivity index (χ2n) is 6.54. The maximum absolute atomic E-state index is 12.4. The summed E-state index contributed by atoms with van der Waals surface area (Å²) in [6.07, 6.45) is 1.41. The summed E-state index contributed by atoms with van der Waals surface area (Å²) in [5.41, 5.74) is 2.59. The molecule has 0 saturated carbocycles. The van der Waals surface area contributed by atoms with Crippen LogP contribution in [-0.2, 0) is 4.79 Å². The molecule has 3 amide bonds. The smallest absolute Gasteiger partial charge is 0.319 e. The molecule has 2 heterocycles. The van der Waals surface area contributed by atoms with Crippen molar-refractivity contribution in [3.8, 4) is 0 Å². The van der Waals surface area contributed by atoms with Gasteiger partial charge in [0.1, 0.15) is 0 Å². The monoisotopic (exact) mass is 372 g/mol. The van der Waals surface area contributed by atoms with Gasteiger partial charge in [0, 0.05) is 19.5 Å². The fraction of sp³-hybridized carbons (Fsp3) is 0.368. The standard InChI is InChI=1S/C19H24N4O2S/c1-22(2)17(14-9-11-26-13-14)12-20-19(25)21-15-6-3-4-7-16(15)23-10-5-8-18(23)24/h3-4,6-7,9,11,13,17H,5,8,10,12H2,1-2H3,(H2,20,21,25). The molecule has 1 fully saturated rings. The maximum atomic E-state index is 12.4. The van der Waals surface area contributed by atoms with Gasteiger partial charge in [-0.1, -0.05) is 12.1 Å². The number of urea groups is 1. The molecular weight excluding hydrogens is 348 g/mol. The van der Waals surface area contributed by atoms with E-state index in [2.05, 4.69) is 27.0 Å². The predicted molar refractivity (Wildman–Crippen MR) is 106 cm³/mol. The number of thiophene rings is 1. The second kappa shape index (κ2) is 8.33. The largest absolute Gasteiger partial charge is 0.336 e. The van der Waals surface area contributed by atoms with E-state index in [-0.39, 0.29) is 18.0 Å². The molecule has 7 heteroatoms. The lowest BCUT2D eigenvalue weighted by atomic mass is 10.1. The first-order chi connectivity index (χ1) is 12.6. The first-order valence-corrected chi connectivity index (χ1v) is 9.63. The zero-order chi connectivity index (χ0) is 18.5. The van der Waals surface area contributed by atoms with E-state index in [0.717, 1.165) is 12.1 Å². The summed E-state index contributed by atoms with van der Waals surface area (Å²) < 4.78 is 0. The quantitative estimate of drug-likeness (QED) is 0.818. The van der Waals surface area contributed by atoms with Crippen LogP contribution in [0.15, 0.2) is 41.1 Å². The number of hydrogen-bond acceptors (Lipinski definition) is 4. The highest BCUT2D eigenvalue weighted by atomic mass is 32.1. The van der Waals surface area contributed by atoms with E-state index in [0.29, 0.717) is 25.2 Å². The fourth-order valence-corrected chi connectivity index (χ4v) is 3.84. The molecule has 1 saturated heterocycles. The molecule has 2 aromatic rings. The lowest BCUT2D eigenvalue weighted by Gasteiger charge is -2.24. The number of likely N-dealkylation sites (N-methyl/N-ethyl adjacent to an activating group) is 1. The van der Waals surface area contributed by atoms with Crippen molar-refractivity contribution < 1.29 is 9.59 Å². The van der Waals surface area contributed by atoms with Crippen molar-refractivity contribution in [2.24, 2.45) is 0 Å². The molecule has 0 radical (unpaired) electrons. The Hall–Kier alpha value is -2.38. The molecule has 1 aromatic heterocycles. The second-order valence-corrected chi connectivity index (χ2v) is 7.32. The van der Waals surface area contributed by atoms with Gasteiger partial charge in [-0.3, -0.25) is 4.79 Å². The summed E-state index contributed by atoms with van der Waals surface area (Å²) in [5, 5.41) is 9.96. The Bertz CT molecular complexity index is 761. The maximum Gasteiger partial charge on any atom is 0.319 e. The summed E-state index contributed by atoms with van der Waals surface area (Å²) in [6, 6.07) is 9.34. The van der Waals surface area contributed by atoms with Gasteiger partial charge in [0.2, 0.25) is 5.91 Å². The van der Waals surface area contributed by atoms with E-state index in [4.69, 9.17) is 0 Å². The number of rotatable bonds is 6. The van der Waals surface area contributed by atoms with Crippen LogP contribution in [0, 0.1) is 0 Å².